The van der Waals surface area contributed by atoms with Crippen LogP contribution in [0.15, 0.2) is 28.4 Å². The van der Waals surface area contributed by atoms with E-state index in [1.165, 1.54) is 0 Å². The number of carbonyl (C=O) groups is 1. The number of piperazine rings is 1. The van der Waals surface area contributed by atoms with Crippen molar-refractivity contribution in [1.29, 1.82) is 0 Å². The lowest BCUT2D eigenvalue weighted by Gasteiger charge is -2.31. The quantitative estimate of drug-likeness (QED) is 0.842. The van der Waals surface area contributed by atoms with E-state index in [-0.39, 0.29) is 5.91 Å². The molecule has 2 aliphatic rings. The Bertz CT molecular complexity index is 779. The zero-order valence-electron chi connectivity index (χ0n) is 12.4. The van der Waals surface area contributed by atoms with E-state index in [0.717, 1.165) is 37.5 Å². The Morgan fingerprint density at radius 2 is 1.91 bits per heavy atom. The highest BCUT2D eigenvalue weighted by Crippen LogP contribution is 2.31. The second-order valence-electron chi connectivity index (χ2n) is 5.75. The van der Waals surface area contributed by atoms with Gasteiger partial charge in [0.2, 0.25) is 0 Å². The fraction of sp³-hybridized carbons (Fsp3) is 0.400. The fourth-order valence-electron chi connectivity index (χ4n) is 2.88. The molecule has 3 heterocycles. The Balaban J connectivity index is 1.69. The van der Waals surface area contributed by atoms with Gasteiger partial charge in [-0.1, -0.05) is 6.07 Å². The molecule has 1 saturated heterocycles. The third kappa shape index (κ3) is 2.28. The highest BCUT2D eigenvalue weighted by atomic mass is 16.1. The summed E-state index contributed by atoms with van der Waals surface area (Å²) in [5.41, 5.74) is 1.30. The molecule has 7 heteroatoms. The molecule has 112 valence electrons. The lowest BCUT2D eigenvalue weighted by molar-refractivity contribution is 0.0995. The zero-order chi connectivity index (χ0) is 15.1. The summed E-state index contributed by atoms with van der Waals surface area (Å²) in [5.74, 6) is 0.912. The molecule has 0 radical (unpaired) electrons. The molecule has 0 atom stereocenters. The van der Waals surface area contributed by atoms with Gasteiger partial charge in [-0.3, -0.25) is 9.69 Å². The average molecular weight is 296 g/mol. The normalized spacial score (nSPS) is 19.0. The molecule has 4 rings (SSSR count). The van der Waals surface area contributed by atoms with E-state index < -0.39 is 0 Å². The maximum absolute atomic E-state index is 11.8. The molecule has 1 fully saturated rings. The Kier molecular flexibility index (Phi) is 3.16. The number of nitrogens with zero attached hydrogens (tertiary/aromatic N) is 6. The number of benzene rings is 1. The Labute approximate surface area is 127 Å². The van der Waals surface area contributed by atoms with Gasteiger partial charge in [-0.15, -0.1) is 10.2 Å². The van der Waals surface area contributed by atoms with Crippen LogP contribution in [0.25, 0.3) is 10.9 Å². The Morgan fingerprint density at radius 1 is 1.09 bits per heavy atom. The van der Waals surface area contributed by atoms with Gasteiger partial charge in [-0.05, 0) is 19.2 Å². The molecular weight excluding hydrogens is 280 g/mol. The molecular formula is C15H16N6O. The minimum Gasteiger partial charge on any atom is -0.304 e. The first kappa shape index (κ1) is 13.4. The zero-order valence-corrected chi connectivity index (χ0v) is 12.4. The summed E-state index contributed by atoms with van der Waals surface area (Å²) in [4.78, 5) is 25.5. The number of aromatic nitrogens is 2. The van der Waals surface area contributed by atoms with Crippen LogP contribution < -0.4 is 0 Å². The van der Waals surface area contributed by atoms with E-state index in [9.17, 15) is 4.79 Å². The van der Waals surface area contributed by atoms with Crippen LogP contribution in [0.4, 0.5) is 5.82 Å². The van der Waals surface area contributed by atoms with Crippen molar-refractivity contribution < 1.29 is 4.79 Å². The van der Waals surface area contributed by atoms with E-state index in [1.807, 2.05) is 12.1 Å². The molecule has 0 aliphatic carbocycles. The molecule has 0 spiro atoms. The predicted octanol–water partition coefficient (Wildman–Crippen LogP) is 1.61. The van der Waals surface area contributed by atoms with E-state index in [4.69, 9.17) is 0 Å². The topological polar surface area (TPSA) is 74.1 Å². The van der Waals surface area contributed by atoms with Crippen molar-refractivity contribution >= 4 is 22.6 Å². The summed E-state index contributed by atoms with van der Waals surface area (Å²) < 4.78 is 0. The van der Waals surface area contributed by atoms with Gasteiger partial charge in [-0.2, -0.15) is 0 Å². The highest BCUT2D eigenvalue weighted by Gasteiger charge is 2.21. The molecule has 0 bridgehead atoms. The van der Waals surface area contributed by atoms with Crippen molar-refractivity contribution in [2.24, 2.45) is 10.2 Å². The van der Waals surface area contributed by atoms with Gasteiger partial charge in [0.15, 0.2) is 5.82 Å². The van der Waals surface area contributed by atoms with Crippen molar-refractivity contribution in [3.05, 3.63) is 29.6 Å². The van der Waals surface area contributed by atoms with Crippen LogP contribution in [-0.4, -0.2) is 58.9 Å². The highest BCUT2D eigenvalue weighted by molar-refractivity contribution is 6.11. The second kappa shape index (κ2) is 5.19. The van der Waals surface area contributed by atoms with E-state index in [1.54, 1.807) is 6.07 Å². The van der Waals surface area contributed by atoms with Crippen molar-refractivity contribution in [1.82, 2.24) is 19.8 Å². The minimum absolute atomic E-state index is 0.325. The Morgan fingerprint density at radius 3 is 2.73 bits per heavy atom. The molecule has 7 nitrogen and oxygen atoms in total. The number of rotatable bonds is 2. The minimum atomic E-state index is -0.325. The Hall–Kier alpha value is -2.25. The van der Waals surface area contributed by atoms with Gasteiger partial charge in [0.1, 0.15) is 5.82 Å². The molecule has 22 heavy (non-hydrogen) atoms. The summed E-state index contributed by atoms with van der Waals surface area (Å²) >= 11 is 0. The lowest BCUT2D eigenvalue weighted by atomic mass is 10.1. The first-order valence-corrected chi connectivity index (χ1v) is 7.37. The predicted molar refractivity (Wildman–Crippen MR) is 81.2 cm³/mol. The smallest absolute Gasteiger partial charge is 0.296 e. The number of azo groups is 1. The van der Waals surface area contributed by atoms with Crippen molar-refractivity contribution in [3.63, 3.8) is 0 Å². The van der Waals surface area contributed by atoms with Crippen LogP contribution in [0.2, 0.25) is 0 Å². The van der Waals surface area contributed by atoms with Crippen molar-refractivity contribution in [2.75, 3.05) is 33.2 Å². The molecule has 1 aromatic heterocycles. The van der Waals surface area contributed by atoms with Crippen LogP contribution in [-0.2, 0) is 6.54 Å². The molecule has 1 aromatic carbocycles. The van der Waals surface area contributed by atoms with Crippen LogP contribution >= 0.6 is 0 Å². The van der Waals surface area contributed by atoms with Crippen molar-refractivity contribution in [2.45, 2.75) is 6.54 Å². The third-order valence-electron chi connectivity index (χ3n) is 4.18. The molecule has 0 saturated carbocycles. The SMILES string of the molecule is CN1CCN(Cc2nc3c4c(cccc4n2)C(=O)N=N3)CC1. The lowest BCUT2D eigenvalue weighted by Crippen LogP contribution is -2.44. The summed E-state index contributed by atoms with van der Waals surface area (Å²) in [6.45, 7) is 4.82. The largest absolute Gasteiger partial charge is 0.304 e. The van der Waals surface area contributed by atoms with Gasteiger partial charge >= 0.3 is 0 Å². The maximum atomic E-state index is 11.8. The molecule has 1 amide bonds. The van der Waals surface area contributed by atoms with E-state index >= 15 is 0 Å². The molecule has 2 aliphatic heterocycles. The standard InChI is InChI=1S/C15H16N6O/c1-20-5-7-21(8-6-20)9-12-16-11-4-2-3-10-13(11)14(17-12)18-19-15(10)22/h2-4H,5-9H2,1H3. The van der Waals surface area contributed by atoms with Crippen LogP contribution in [0, 0.1) is 0 Å². The third-order valence-corrected chi connectivity index (χ3v) is 4.18. The maximum Gasteiger partial charge on any atom is 0.296 e. The second-order valence-corrected chi connectivity index (χ2v) is 5.75. The average Bonchev–Trinajstić information content (AvgIpc) is 2.53. The van der Waals surface area contributed by atoms with Crippen molar-refractivity contribution in [3.8, 4) is 0 Å². The fourth-order valence-corrected chi connectivity index (χ4v) is 2.88. The van der Waals surface area contributed by atoms with E-state index in [2.05, 4.69) is 37.0 Å². The molecule has 2 aromatic rings. The first-order chi connectivity index (χ1) is 10.7. The van der Waals surface area contributed by atoms with Gasteiger partial charge in [0.25, 0.3) is 5.91 Å². The monoisotopic (exact) mass is 296 g/mol. The van der Waals surface area contributed by atoms with Crippen LogP contribution in [0.3, 0.4) is 0 Å². The number of hydrogen-bond acceptors (Lipinski definition) is 6. The van der Waals surface area contributed by atoms with Gasteiger partial charge in [-0.25, -0.2) is 9.97 Å². The van der Waals surface area contributed by atoms with E-state index in [0.29, 0.717) is 23.3 Å². The first-order valence-electron chi connectivity index (χ1n) is 7.37. The number of likely N-dealkylation sites (N-methyl/N-ethyl adjacent to an activating group) is 1. The summed E-state index contributed by atoms with van der Waals surface area (Å²) in [7, 11) is 2.13. The number of carbonyl (C=O) groups excluding carboxylic acids is 1. The number of hydrogen-bond donors (Lipinski definition) is 0. The number of amides is 1. The molecule has 0 unspecified atom stereocenters. The van der Waals surface area contributed by atoms with Crippen LogP contribution in [0.1, 0.15) is 16.2 Å². The van der Waals surface area contributed by atoms with Gasteiger partial charge in [0, 0.05) is 26.2 Å². The summed E-state index contributed by atoms with van der Waals surface area (Å²) in [6.07, 6.45) is 0. The van der Waals surface area contributed by atoms with Crippen LogP contribution in [0.5, 0.6) is 0 Å². The van der Waals surface area contributed by atoms with Gasteiger partial charge in [0.05, 0.1) is 23.0 Å². The van der Waals surface area contributed by atoms with Gasteiger partial charge < -0.3 is 4.90 Å². The molecule has 0 N–H and O–H groups in total. The summed E-state index contributed by atoms with van der Waals surface area (Å²) in [5, 5.41) is 8.34. The summed E-state index contributed by atoms with van der Waals surface area (Å²) in [6, 6.07) is 5.47.